The molecule has 0 aliphatic carbocycles. The van der Waals surface area contributed by atoms with Crippen LogP contribution in [0.2, 0.25) is 0 Å². The van der Waals surface area contributed by atoms with Crippen LogP contribution in [0, 0.1) is 13.8 Å². The van der Waals surface area contributed by atoms with Gasteiger partial charge in [-0.25, -0.2) is 0 Å². The van der Waals surface area contributed by atoms with E-state index >= 15 is 0 Å². The normalized spacial score (nSPS) is 19.2. The molecule has 23 heavy (non-hydrogen) atoms. The number of rotatable bonds is 5. The summed E-state index contributed by atoms with van der Waals surface area (Å²) in [7, 11) is 1.64. The molecule has 0 radical (unpaired) electrons. The second-order valence-electron chi connectivity index (χ2n) is 6.31. The summed E-state index contributed by atoms with van der Waals surface area (Å²) in [6.07, 6.45) is 3.68. The zero-order chi connectivity index (χ0) is 16.2. The first kappa shape index (κ1) is 16.1. The summed E-state index contributed by atoms with van der Waals surface area (Å²) in [5, 5.41) is 3.96. The fraction of sp³-hybridized carbons (Fsp3) is 0.556. The molecule has 1 atom stereocenters. The van der Waals surface area contributed by atoms with Gasteiger partial charge in [0.1, 0.15) is 6.61 Å². The Morgan fingerprint density at radius 3 is 3.00 bits per heavy atom. The molecular weight excluding hydrogens is 290 g/mol. The van der Waals surface area contributed by atoms with Crippen molar-refractivity contribution in [3.8, 4) is 0 Å². The van der Waals surface area contributed by atoms with Gasteiger partial charge in [0.05, 0.1) is 6.54 Å². The lowest BCUT2D eigenvalue weighted by Gasteiger charge is -2.36. The van der Waals surface area contributed by atoms with Crippen LogP contribution in [0.25, 0.3) is 0 Å². The average Bonchev–Trinajstić information content (AvgIpc) is 2.98. The second kappa shape index (κ2) is 7.23. The van der Waals surface area contributed by atoms with Gasteiger partial charge in [-0.15, -0.1) is 0 Å². The minimum absolute atomic E-state index is 0.393. The van der Waals surface area contributed by atoms with Gasteiger partial charge in [-0.1, -0.05) is 29.8 Å². The molecule has 3 rings (SSSR count). The van der Waals surface area contributed by atoms with Crippen LogP contribution in [-0.4, -0.2) is 28.7 Å². The molecule has 0 amide bonds. The lowest BCUT2D eigenvalue weighted by atomic mass is 9.90. The Morgan fingerprint density at radius 2 is 2.17 bits per heavy atom. The van der Waals surface area contributed by atoms with Gasteiger partial charge in [-0.2, -0.15) is 4.98 Å². The van der Waals surface area contributed by atoms with Crippen LogP contribution in [0.5, 0.6) is 0 Å². The molecule has 1 fully saturated rings. The molecule has 1 aliphatic heterocycles. The van der Waals surface area contributed by atoms with Crippen LogP contribution in [0.15, 0.2) is 22.7 Å². The molecule has 1 aromatic carbocycles. The molecule has 2 aromatic rings. The van der Waals surface area contributed by atoms with Crippen LogP contribution in [0.4, 0.5) is 0 Å². The zero-order valence-electron chi connectivity index (χ0n) is 14.2. The standard InChI is InChI=1S/C18H25N3O2/c1-13-7-6-8-15(14(13)2)16-9-4-5-10-21(16)11-18-19-17(12-22-3)20-23-18/h6-8,16H,4-5,9-12H2,1-3H3/t16-/m0/s1. The van der Waals surface area contributed by atoms with Crippen LogP contribution < -0.4 is 0 Å². The maximum atomic E-state index is 5.38. The van der Waals surface area contributed by atoms with E-state index in [0.717, 1.165) is 6.54 Å². The molecule has 5 heteroatoms. The molecule has 124 valence electrons. The van der Waals surface area contributed by atoms with Crippen molar-refractivity contribution in [2.24, 2.45) is 0 Å². The van der Waals surface area contributed by atoms with Gasteiger partial charge in [0.2, 0.25) is 5.89 Å². The minimum atomic E-state index is 0.393. The van der Waals surface area contributed by atoms with E-state index in [4.69, 9.17) is 9.26 Å². The number of hydrogen-bond acceptors (Lipinski definition) is 5. The molecule has 0 spiro atoms. The number of methoxy groups -OCH3 is 1. The van der Waals surface area contributed by atoms with Gasteiger partial charge in [0, 0.05) is 13.2 Å². The first-order valence-corrected chi connectivity index (χ1v) is 8.29. The summed E-state index contributed by atoms with van der Waals surface area (Å²) in [4.78, 5) is 6.89. The van der Waals surface area contributed by atoms with Crippen molar-refractivity contribution in [3.05, 3.63) is 46.6 Å². The predicted molar refractivity (Wildman–Crippen MR) is 87.9 cm³/mol. The van der Waals surface area contributed by atoms with E-state index < -0.39 is 0 Å². The second-order valence-corrected chi connectivity index (χ2v) is 6.31. The monoisotopic (exact) mass is 315 g/mol. The van der Waals surface area contributed by atoms with Crippen LogP contribution in [-0.2, 0) is 17.9 Å². The number of benzene rings is 1. The Kier molecular flexibility index (Phi) is 5.08. The van der Waals surface area contributed by atoms with E-state index in [9.17, 15) is 0 Å². The molecule has 1 saturated heterocycles. The Balaban J connectivity index is 1.79. The summed E-state index contributed by atoms with van der Waals surface area (Å²) in [5.74, 6) is 1.29. The van der Waals surface area contributed by atoms with E-state index in [2.05, 4.69) is 47.1 Å². The van der Waals surface area contributed by atoms with Crippen molar-refractivity contribution in [1.29, 1.82) is 0 Å². The highest BCUT2D eigenvalue weighted by Gasteiger charge is 2.27. The Hall–Kier alpha value is -1.72. The van der Waals surface area contributed by atoms with Crippen molar-refractivity contribution in [2.45, 2.75) is 52.3 Å². The lowest BCUT2D eigenvalue weighted by molar-refractivity contribution is 0.123. The molecule has 0 bridgehead atoms. The summed E-state index contributed by atoms with van der Waals surface area (Å²) in [5.41, 5.74) is 4.18. The predicted octanol–water partition coefficient (Wildman–Crippen LogP) is 3.56. The van der Waals surface area contributed by atoms with Crippen molar-refractivity contribution in [2.75, 3.05) is 13.7 Å². The number of piperidine rings is 1. The SMILES string of the molecule is COCc1noc(CN2CCCC[C@H]2c2cccc(C)c2C)n1. The molecule has 0 saturated carbocycles. The van der Waals surface area contributed by atoms with E-state index in [0.29, 0.717) is 30.9 Å². The third-order valence-electron chi connectivity index (χ3n) is 4.74. The van der Waals surface area contributed by atoms with Crippen LogP contribution >= 0.6 is 0 Å². The fourth-order valence-electron chi connectivity index (χ4n) is 3.38. The van der Waals surface area contributed by atoms with Gasteiger partial charge >= 0.3 is 0 Å². The van der Waals surface area contributed by atoms with Crippen molar-refractivity contribution in [3.63, 3.8) is 0 Å². The van der Waals surface area contributed by atoms with Gasteiger partial charge in [-0.3, -0.25) is 4.90 Å². The number of aryl methyl sites for hydroxylation is 1. The summed E-state index contributed by atoms with van der Waals surface area (Å²) < 4.78 is 10.4. The first-order valence-electron chi connectivity index (χ1n) is 8.29. The Morgan fingerprint density at radius 1 is 1.30 bits per heavy atom. The van der Waals surface area contributed by atoms with Crippen molar-refractivity contribution < 1.29 is 9.26 Å². The molecule has 5 nitrogen and oxygen atoms in total. The largest absolute Gasteiger partial charge is 0.377 e. The maximum Gasteiger partial charge on any atom is 0.240 e. The third kappa shape index (κ3) is 3.62. The van der Waals surface area contributed by atoms with Gasteiger partial charge in [-0.05, 0) is 49.9 Å². The van der Waals surface area contributed by atoms with Crippen LogP contribution in [0.1, 0.15) is 53.7 Å². The van der Waals surface area contributed by atoms with Gasteiger partial charge in [0.15, 0.2) is 5.82 Å². The molecular formula is C18H25N3O2. The van der Waals surface area contributed by atoms with E-state index in [1.165, 1.54) is 36.0 Å². The van der Waals surface area contributed by atoms with Gasteiger partial charge in [0.25, 0.3) is 0 Å². The topological polar surface area (TPSA) is 51.4 Å². The van der Waals surface area contributed by atoms with Crippen molar-refractivity contribution in [1.82, 2.24) is 15.0 Å². The third-order valence-corrected chi connectivity index (χ3v) is 4.74. The molecule has 2 heterocycles. The Bertz CT molecular complexity index is 653. The average molecular weight is 315 g/mol. The van der Waals surface area contributed by atoms with E-state index in [1.807, 2.05) is 0 Å². The van der Waals surface area contributed by atoms with E-state index in [1.54, 1.807) is 7.11 Å². The molecule has 0 unspecified atom stereocenters. The Labute approximate surface area is 137 Å². The van der Waals surface area contributed by atoms with Crippen molar-refractivity contribution >= 4 is 0 Å². The summed E-state index contributed by atoms with van der Waals surface area (Å²) >= 11 is 0. The number of nitrogens with zero attached hydrogens (tertiary/aromatic N) is 3. The number of aromatic nitrogens is 2. The number of ether oxygens (including phenoxy) is 1. The molecule has 1 aliphatic rings. The highest BCUT2D eigenvalue weighted by Crippen LogP contribution is 2.34. The quantitative estimate of drug-likeness (QED) is 0.844. The fourth-order valence-corrected chi connectivity index (χ4v) is 3.38. The maximum absolute atomic E-state index is 5.38. The number of likely N-dealkylation sites (tertiary alicyclic amines) is 1. The number of hydrogen-bond donors (Lipinski definition) is 0. The molecule has 0 N–H and O–H groups in total. The molecule has 1 aromatic heterocycles. The van der Waals surface area contributed by atoms with Gasteiger partial charge < -0.3 is 9.26 Å². The lowest BCUT2D eigenvalue weighted by Crippen LogP contribution is -2.33. The minimum Gasteiger partial charge on any atom is -0.377 e. The van der Waals surface area contributed by atoms with Crippen LogP contribution in [0.3, 0.4) is 0 Å². The smallest absolute Gasteiger partial charge is 0.240 e. The first-order chi connectivity index (χ1) is 11.2. The summed E-state index contributed by atoms with van der Waals surface area (Å²) in [6, 6.07) is 7.03. The highest BCUT2D eigenvalue weighted by atomic mass is 16.5. The highest BCUT2D eigenvalue weighted by molar-refractivity contribution is 5.35. The zero-order valence-corrected chi connectivity index (χ0v) is 14.2. The summed E-state index contributed by atoms with van der Waals surface area (Å²) in [6.45, 7) is 6.57. The van der Waals surface area contributed by atoms with E-state index in [-0.39, 0.29) is 0 Å².